The molecule has 6 heteroatoms. The highest BCUT2D eigenvalue weighted by atomic mass is 79.9. The lowest BCUT2D eigenvalue weighted by molar-refractivity contribution is 0.230. The van der Waals surface area contributed by atoms with Crippen LogP contribution in [0.4, 0.5) is 0 Å². The smallest absolute Gasteiger partial charge is 0.137 e. The van der Waals surface area contributed by atoms with Crippen molar-refractivity contribution in [3.63, 3.8) is 0 Å². The number of hydrogen-bond donors (Lipinski definition) is 2. The Labute approximate surface area is 206 Å². The first-order valence-electron chi connectivity index (χ1n) is 12.7. The second kappa shape index (κ2) is 11.1. The van der Waals surface area contributed by atoms with E-state index in [0.29, 0.717) is 0 Å². The molecule has 3 heterocycles. The molecule has 0 unspecified atom stereocenters. The molecule has 176 valence electrons. The summed E-state index contributed by atoms with van der Waals surface area (Å²) in [5.74, 6) is 0. The van der Waals surface area contributed by atoms with Crippen LogP contribution in [0.25, 0.3) is 16.9 Å². The molecule has 2 N–H and O–H groups in total. The van der Waals surface area contributed by atoms with E-state index < -0.39 is 0 Å². The van der Waals surface area contributed by atoms with Crippen LogP contribution in [0.1, 0.15) is 56.3 Å². The quantitative estimate of drug-likeness (QED) is 0.360. The Morgan fingerprint density at radius 3 is 2.61 bits per heavy atom. The summed E-state index contributed by atoms with van der Waals surface area (Å²) in [5, 5.41) is 7.35. The second-order valence-corrected chi connectivity index (χ2v) is 10.5. The zero-order valence-corrected chi connectivity index (χ0v) is 21.1. The molecule has 1 aromatic carbocycles. The van der Waals surface area contributed by atoms with Gasteiger partial charge < -0.3 is 10.6 Å². The summed E-state index contributed by atoms with van der Waals surface area (Å²) in [4.78, 5) is 7.58. The topological polar surface area (TPSA) is 44.6 Å². The van der Waals surface area contributed by atoms with Crippen LogP contribution in [-0.4, -0.2) is 46.5 Å². The average Bonchev–Trinajstić information content (AvgIpc) is 3.22. The van der Waals surface area contributed by atoms with Crippen LogP contribution >= 0.6 is 15.9 Å². The number of halogens is 1. The zero-order chi connectivity index (χ0) is 22.5. The van der Waals surface area contributed by atoms with E-state index in [4.69, 9.17) is 4.98 Å². The van der Waals surface area contributed by atoms with Crippen molar-refractivity contribution < 1.29 is 0 Å². The standard InChI is InChI=1S/C27H36BrN5/c28-22-13-11-21(12-14-22)27-25-20-32(19-24-9-6-10-26(31-27)33(24)25)18-5-4-15-29-16-17-30-23-7-2-1-3-8-23/h6,9-14,23,29-30H,1-5,7-8,15-20H2. The van der Waals surface area contributed by atoms with Gasteiger partial charge in [-0.3, -0.25) is 9.30 Å². The van der Waals surface area contributed by atoms with Gasteiger partial charge in [0, 0.05) is 48.0 Å². The van der Waals surface area contributed by atoms with Crippen molar-refractivity contribution in [3.8, 4) is 11.3 Å². The van der Waals surface area contributed by atoms with Crippen molar-refractivity contribution in [1.82, 2.24) is 24.9 Å². The monoisotopic (exact) mass is 509 g/mol. The SMILES string of the molecule is Brc1ccc(-c2nc3cccc4n3c2CN(CCCCNCCNC2CCCCC2)C4)cc1. The number of rotatable bonds is 10. The molecule has 1 saturated carbocycles. The summed E-state index contributed by atoms with van der Waals surface area (Å²) in [7, 11) is 0. The molecule has 1 fully saturated rings. The lowest BCUT2D eigenvalue weighted by Crippen LogP contribution is -2.36. The van der Waals surface area contributed by atoms with Gasteiger partial charge in [-0.05, 0) is 63.0 Å². The number of nitrogens with one attached hydrogen (secondary N) is 2. The molecule has 0 bridgehead atoms. The van der Waals surface area contributed by atoms with Gasteiger partial charge in [0.25, 0.3) is 0 Å². The molecule has 2 aromatic heterocycles. The van der Waals surface area contributed by atoms with Crippen LogP contribution in [0, 0.1) is 0 Å². The normalized spacial score (nSPS) is 17.1. The maximum atomic E-state index is 5.00. The van der Waals surface area contributed by atoms with Gasteiger partial charge in [0.15, 0.2) is 0 Å². The average molecular weight is 511 g/mol. The number of aromatic nitrogens is 2. The van der Waals surface area contributed by atoms with Crippen LogP contribution in [0.3, 0.4) is 0 Å². The fourth-order valence-corrected chi connectivity index (χ4v) is 5.63. The first-order valence-corrected chi connectivity index (χ1v) is 13.5. The minimum atomic E-state index is 0.764. The maximum absolute atomic E-state index is 5.00. The molecule has 5 nitrogen and oxygen atoms in total. The fraction of sp³-hybridized carbons (Fsp3) is 0.519. The predicted octanol–water partition coefficient (Wildman–Crippen LogP) is 5.37. The fourth-order valence-electron chi connectivity index (χ4n) is 5.37. The number of benzene rings is 1. The van der Waals surface area contributed by atoms with Crippen LogP contribution in [-0.2, 0) is 13.1 Å². The summed E-state index contributed by atoms with van der Waals surface area (Å²) in [6.45, 7) is 6.38. The minimum absolute atomic E-state index is 0.764. The summed E-state index contributed by atoms with van der Waals surface area (Å²) >= 11 is 3.55. The third-order valence-electron chi connectivity index (χ3n) is 7.11. The highest BCUT2D eigenvalue weighted by Gasteiger charge is 2.23. The Hall–Kier alpha value is -1.73. The third-order valence-corrected chi connectivity index (χ3v) is 7.64. The van der Waals surface area contributed by atoms with Gasteiger partial charge in [0.1, 0.15) is 5.65 Å². The lowest BCUT2D eigenvalue weighted by Gasteiger charge is -2.28. The molecule has 0 amide bonds. The van der Waals surface area contributed by atoms with Gasteiger partial charge in [0.05, 0.1) is 11.4 Å². The molecule has 1 aliphatic heterocycles. The van der Waals surface area contributed by atoms with Crippen molar-refractivity contribution in [2.24, 2.45) is 0 Å². The molecule has 2 aliphatic rings. The molecule has 0 radical (unpaired) electrons. The minimum Gasteiger partial charge on any atom is -0.315 e. The Bertz CT molecular complexity index is 1040. The van der Waals surface area contributed by atoms with Gasteiger partial charge in [-0.2, -0.15) is 0 Å². The van der Waals surface area contributed by atoms with Gasteiger partial charge in [0.2, 0.25) is 0 Å². The number of unbranched alkanes of at least 4 members (excludes halogenated alkanes) is 1. The molecule has 0 atom stereocenters. The Morgan fingerprint density at radius 2 is 1.76 bits per heavy atom. The van der Waals surface area contributed by atoms with Crippen LogP contribution in [0.2, 0.25) is 0 Å². The highest BCUT2D eigenvalue weighted by molar-refractivity contribution is 9.10. The first-order chi connectivity index (χ1) is 16.3. The van der Waals surface area contributed by atoms with E-state index in [-0.39, 0.29) is 0 Å². The number of nitrogens with zero attached hydrogens (tertiary/aromatic N) is 3. The predicted molar refractivity (Wildman–Crippen MR) is 139 cm³/mol. The molecular weight excluding hydrogens is 474 g/mol. The molecular formula is C27H36BrN5. The summed E-state index contributed by atoms with van der Waals surface area (Å²) in [6.07, 6.45) is 9.42. The third kappa shape index (κ3) is 5.68. The van der Waals surface area contributed by atoms with Gasteiger partial charge in [-0.15, -0.1) is 0 Å². The summed E-state index contributed by atoms with van der Waals surface area (Å²) < 4.78 is 3.47. The van der Waals surface area contributed by atoms with E-state index in [1.165, 1.54) is 61.9 Å². The molecule has 3 aromatic rings. The first kappa shape index (κ1) is 23.0. The van der Waals surface area contributed by atoms with Crippen molar-refractivity contribution in [3.05, 3.63) is 58.3 Å². The molecule has 0 saturated heterocycles. The van der Waals surface area contributed by atoms with Crippen molar-refractivity contribution in [2.45, 2.75) is 64.1 Å². The summed E-state index contributed by atoms with van der Waals surface area (Å²) in [6, 6.07) is 15.8. The Kier molecular flexibility index (Phi) is 7.77. The van der Waals surface area contributed by atoms with Crippen molar-refractivity contribution in [1.29, 1.82) is 0 Å². The van der Waals surface area contributed by atoms with E-state index in [2.05, 4.69) is 78.3 Å². The largest absolute Gasteiger partial charge is 0.315 e. The second-order valence-electron chi connectivity index (χ2n) is 9.58. The van der Waals surface area contributed by atoms with Crippen LogP contribution in [0.5, 0.6) is 0 Å². The van der Waals surface area contributed by atoms with E-state index in [1.54, 1.807) is 0 Å². The Balaban J connectivity index is 1.10. The van der Waals surface area contributed by atoms with E-state index in [1.807, 2.05) is 0 Å². The van der Waals surface area contributed by atoms with E-state index in [9.17, 15) is 0 Å². The van der Waals surface area contributed by atoms with Crippen LogP contribution < -0.4 is 10.6 Å². The summed E-state index contributed by atoms with van der Waals surface area (Å²) in [5.41, 5.74) is 6.03. The van der Waals surface area contributed by atoms with E-state index in [0.717, 1.165) is 61.1 Å². The lowest BCUT2D eigenvalue weighted by atomic mass is 9.95. The van der Waals surface area contributed by atoms with Gasteiger partial charge >= 0.3 is 0 Å². The molecule has 0 spiro atoms. The number of imidazole rings is 1. The number of hydrogen-bond acceptors (Lipinski definition) is 4. The highest BCUT2D eigenvalue weighted by Crippen LogP contribution is 2.31. The van der Waals surface area contributed by atoms with Crippen LogP contribution in [0.15, 0.2) is 46.9 Å². The maximum Gasteiger partial charge on any atom is 0.137 e. The van der Waals surface area contributed by atoms with E-state index >= 15 is 0 Å². The Morgan fingerprint density at radius 1 is 0.909 bits per heavy atom. The molecule has 33 heavy (non-hydrogen) atoms. The zero-order valence-electron chi connectivity index (χ0n) is 19.5. The molecule has 1 aliphatic carbocycles. The number of pyridine rings is 1. The molecule has 5 rings (SSSR count). The van der Waals surface area contributed by atoms with Gasteiger partial charge in [-0.1, -0.05) is 53.4 Å². The van der Waals surface area contributed by atoms with Crippen molar-refractivity contribution in [2.75, 3.05) is 26.2 Å². The van der Waals surface area contributed by atoms with Crippen molar-refractivity contribution >= 4 is 21.6 Å². The van der Waals surface area contributed by atoms with Gasteiger partial charge in [-0.25, -0.2) is 4.98 Å².